The first-order valence-corrected chi connectivity index (χ1v) is 11.5. The van der Waals surface area contributed by atoms with E-state index in [-0.39, 0.29) is 25.0 Å². The van der Waals surface area contributed by atoms with Gasteiger partial charge in [-0.2, -0.15) is 0 Å². The van der Waals surface area contributed by atoms with Gasteiger partial charge in [0.05, 0.1) is 10.5 Å². The highest BCUT2D eigenvalue weighted by atomic mass is 32.2. The zero-order valence-corrected chi connectivity index (χ0v) is 18.9. The van der Waals surface area contributed by atoms with E-state index in [4.69, 9.17) is 4.74 Å². The number of ether oxygens (including phenoxy) is 1. The molecule has 0 radical (unpaired) electrons. The summed E-state index contributed by atoms with van der Waals surface area (Å²) in [5.41, 5.74) is 2.25. The van der Waals surface area contributed by atoms with Crippen molar-refractivity contribution in [2.75, 3.05) is 6.54 Å². The fraction of sp³-hybridized carbons (Fsp3) is 0.208. The molecule has 0 fully saturated rings. The van der Waals surface area contributed by atoms with Crippen LogP contribution in [0.5, 0.6) is 5.75 Å². The van der Waals surface area contributed by atoms with Gasteiger partial charge in [-0.3, -0.25) is 0 Å². The predicted molar refractivity (Wildman–Crippen MR) is 121 cm³/mol. The highest BCUT2D eigenvalue weighted by molar-refractivity contribution is 7.89. The second-order valence-corrected chi connectivity index (χ2v) is 9.34. The molecule has 0 saturated carbocycles. The van der Waals surface area contributed by atoms with Crippen LogP contribution in [-0.2, 0) is 23.1 Å². The van der Waals surface area contributed by atoms with Gasteiger partial charge in [0.25, 0.3) is 0 Å². The molecule has 0 heterocycles. The molecule has 6 nitrogen and oxygen atoms in total. The van der Waals surface area contributed by atoms with E-state index >= 15 is 0 Å². The van der Waals surface area contributed by atoms with E-state index < -0.39 is 27.6 Å². The zero-order chi connectivity index (χ0) is 24.2. The van der Waals surface area contributed by atoms with E-state index in [1.807, 2.05) is 0 Å². The van der Waals surface area contributed by atoms with Crippen molar-refractivity contribution in [2.45, 2.75) is 31.8 Å². The van der Waals surface area contributed by atoms with Crippen molar-refractivity contribution in [3.05, 3.63) is 94.0 Å². The van der Waals surface area contributed by atoms with E-state index in [2.05, 4.69) is 4.72 Å². The minimum atomic E-state index is -3.88. The van der Waals surface area contributed by atoms with Crippen LogP contribution in [0, 0.1) is 25.5 Å². The molecule has 0 atom stereocenters. The van der Waals surface area contributed by atoms with E-state index in [9.17, 15) is 27.1 Å². The van der Waals surface area contributed by atoms with Crippen LogP contribution in [-0.4, -0.2) is 26.0 Å². The predicted octanol–water partition coefficient (Wildman–Crippen LogP) is 4.63. The minimum absolute atomic E-state index is 0. The minimum Gasteiger partial charge on any atom is -0.489 e. The van der Waals surface area contributed by atoms with Crippen LogP contribution in [0.2, 0.25) is 0 Å². The SMILES string of the molecule is Cc1cc(S(=O)(=O)NCCc2ccc(OCc3cc(F)cc(F)c3)cc2)cc(C(=O)O)c1C.[HH]. The number of halogens is 2. The molecule has 9 heteroatoms. The molecule has 0 bridgehead atoms. The highest BCUT2D eigenvalue weighted by Crippen LogP contribution is 2.20. The number of aryl methyl sites for hydroxylation is 1. The second-order valence-electron chi connectivity index (χ2n) is 7.58. The lowest BCUT2D eigenvalue weighted by Crippen LogP contribution is -2.26. The Bertz CT molecular complexity index is 1260. The van der Waals surface area contributed by atoms with Crippen molar-refractivity contribution in [3.8, 4) is 5.75 Å². The third-order valence-electron chi connectivity index (χ3n) is 5.14. The number of aromatic carboxylic acids is 1. The summed E-state index contributed by atoms with van der Waals surface area (Å²) in [7, 11) is -3.88. The van der Waals surface area contributed by atoms with Crippen molar-refractivity contribution < 1.29 is 33.3 Å². The zero-order valence-electron chi connectivity index (χ0n) is 18.1. The fourth-order valence-electron chi connectivity index (χ4n) is 3.23. The number of sulfonamides is 1. The number of hydrogen-bond donors (Lipinski definition) is 2. The van der Waals surface area contributed by atoms with Gasteiger partial charge in [-0.1, -0.05) is 12.1 Å². The lowest BCUT2D eigenvalue weighted by atomic mass is 10.0. The van der Waals surface area contributed by atoms with Crippen molar-refractivity contribution in [3.63, 3.8) is 0 Å². The molecule has 3 aromatic carbocycles. The van der Waals surface area contributed by atoms with Crippen LogP contribution in [0.15, 0.2) is 59.5 Å². The van der Waals surface area contributed by atoms with Gasteiger partial charge in [-0.15, -0.1) is 0 Å². The summed E-state index contributed by atoms with van der Waals surface area (Å²) >= 11 is 0. The van der Waals surface area contributed by atoms with Crippen molar-refractivity contribution >= 4 is 16.0 Å². The van der Waals surface area contributed by atoms with Crippen LogP contribution in [0.4, 0.5) is 8.78 Å². The summed E-state index contributed by atoms with van der Waals surface area (Å²) in [4.78, 5) is 11.3. The number of nitrogens with one attached hydrogen (secondary N) is 1. The molecule has 0 aliphatic heterocycles. The summed E-state index contributed by atoms with van der Waals surface area (Å²) in [6, 6.07) is 12.7. The molecule has 0 spiro atoms. The summed E-state index contributed by atoms with van der Waals surface area (Å²) in [6.07, 6.45) is 0.394. The average molecular weight is 478 g/mol. The number of carboxylic acids is 1. The second kappa shape index (κ2) is 10.1. The van der Waals surface area contributed by atoms with Gasteiger partial charge >= 0.3 is 5.97 Å². The fourth-order valence-corrected chi connectivity index (χ4v) is 4.37. The summed E-state index contributed by atoms with van der Waals surface area (Å²) < 4.78 is 59.7. The van der Waals surface area contributed by atoms with Gasteiger partial charge in [0.2, 0.25) is 10.0 Å². The Kier molecular flexibility index (Phi) is 7.45. The first-order valence-electron chi connectivity index (χ1n) is 10.1. The molecule has 2 N–H and O–H groups in total. The van der Waals surface area contributed by atoms with E-state index in [0.29, 0.717) is 28.9 Å². The van der Waals surface area contributed by atoms with Crippen LogP contribution >= 0.6 is 0 Å². The van der Waals surface area contributed by atoms with E-state index in [1.165, 1.54) is 18.2 Å². The number of carboxylic acid groups (broad SMARTS) is 1. The van der Waals surface area contributed by atoms with Crippen molar-refractivity contribution in [1.29, 1.82) is 0 Å². The lowest BCUT2D eigenvalue weighted by molar-refractivity contribution is 0.0695. The van der Waals surface area contributed by atoms with Crippen LogP contribution in [0.3, 0.4) is 0 Å². The average Bonchev–Trinajstić information content (AvgIpc) is 2.74. The van der Waals surface area contributed by atoms with Gasteiger partial charge in [0.1, 0.15) is 24.0 Å². The molecule has 0 aliphatic rings. The molecular weight excluding hydrogens is 452 g/mol. The molecule has 3 aromatic rings. The summed E-state index contributed by atoms with van der Waals surface area (Å²) in [5.74, 6) is -2.03. The molecule has 0 unspecified atom stereocenters. The lowest BCUT2D eigenvalue weighted by Gasteiger charge is -2.11. The Morgan fingerprint density at radius 3 is 2.24 bits per heavy atom. The molecule has 176 valence electrons. The van der Waals surface area contributed by atoms with Crippen LogP contribution in [0.25, 0.3) is 0 Å². The molecule has 33 heavy (non-hydrogen) atoms. The maximum absolute atomic E-state index is 13.2. The monoisotopic (exact) mass is 477 g/mol. The first kappa shape index (κ1) is 24.3. The number of rotatable bonds is 9. The van der Waals surface area contributed by atoms with E-state index in [0.717, 1.165) is 17.7 Å². The first-order chi connectivity index (χ1) is 15.5. The topological polar surface area (TPSA) is 92.7 Å². The largest absolute Gasteiger partial charge is 0.489 e. The smallest absolute Gasteiger partial charge is 0.336 e. The third kappa shape index (κ3) is 6.36. The number of hydrogen-bond acceptors (Lipinski definition) is 4. The maximum atomic E-state index is 13.2. The molecular formula is C24H25F2NO5S. The Morgan fingerprint density at radius 2 is 1.64 bits per heavy atom. The van der Waals surface area contributed by atoms with Crippen molar-refractivity contribution in [2.24, 2.45) is 0 Å². The summed E-state index contributed by atoms with van der Waals surface area (Å²) in [5, 5.41) is 9.30. The van der Waals surface area contributed by atoms with Gasteiger partial charge < -0.3 is 9.84 Å². The Morgan fingerprint density at radius 1 is 1.00 bits per heavy atom. The Balaban J connectivity index is 0.00000408. The molecule has 0 amide bonds. The van der Waals surface area contributed by atoms with Gasteiger partial charge in [0.15, 0.2) is 0 Å². The normalized spacial score (nSPS) is 11.4. The molecule has 3 rings (SSSR count). The van der Waals surface area contributed by atoms with E-state index in [1.54, 1.807) is 38.1 Å². The van der Waals surface area contributed by atoms with Gasteiger partial charge in [-0.05, 0) is 78.9 Å². The van der Waals surface area contributed by atoms with Gasteiger partial charge in [-0.25, -0.2) is 26.7 Å². The quantitative estimate of drug-likeness (QED) is 0.469. The highest BCUT2D eigenvalue weighted by Gasteiger charge is 2.19. The number of benzene rings is 3. The Hall–Kier alpha value is -3.30. The van der Waals surface area contributed by atoms with Crippen LogP contribution < -0.4 is 9.46 Å². The molecule has 0 aliphatic carbocycles. The maximum Gasteiger partial charge on any atom is 0.336 e. The Labute approximate surface area is 192 Å². The third-order valence-corrected chi connectivity index (χ3v) is 6.58. The van der Waals surface area contributed by atoms with Crippen LogP contribution in [0.1, 0.15) is 34.0 Å². The number of carbonyl (C=O) groups is 1. The van der Waals surface area contributed by atoms with Crippen molar-refractivity contribution in [1.82, 2.24) is 4.72 Å². The molecule has 0 aromatic heterocycles. The molecule has 0 saturated heterocycles. The standard InChI is InChI=1S/C24H23F2NO5S.H2/c1-15-9-22(13-23(16(15)2)24(28)29)33(30,31)27-8-7-17-3-5-21(6-4-17)32-14-18-10-19(25)12-20(26)11-18;/h3-6,9-13,27H,7-8,14H2,1-2H3,(H,28,29);1H. The van der Waals surface area contributed by atoms with Gasteiger partial charge in [0, 0.05) is 14.0 Å². The summed E-state index contributed by atoms with van der Waals surface area (Å²) in [6.45, 7) is 3.41.